The molecule has 2 N–H and O–H groups in total. The zero-order valence-electron chi connectivity index (χ0n) is 13.1. The molecule has 0 heterocycles. The lowest BCUT2D eigenvalue weighted by atomic mass is 10.1. The van der Waals surface area contributed by atoms with Crippen molar-refractivity contribution >= 4 is 16.1 Å². The molecule has 0 aliphatic heterocycles. The van der Waals surface area contributed by atoms with Crippen molar-refractivity contribution in [3.05, 3.63) is 65.7 Å². The van der Waals surface area contributed by atoms with E-state index in [1.54, 1.807) is 19.1 Å². The number of hydrogen-bond acceptors (Lipinski definition) is 3. The van der Waals surface area contributed by atoms with Crippen LogP contribution in [0, 0.1) is 6.92 Å². The van der Waals surface area contributed by atoms with Crippen molar-refractivity contribution in [1.82, 2.24) is 4.31 Å². The molecule has 0 aliphatic carbocycles. The van der Waals surface area contributed by atoms with Crippen LogP contribution in [0.3, 0.4) is 0 Å². The van der Waals surface area contributed by atoms with Crippen molar-refractivity contribution in [2.75, 3.05) is 0 Å². The summed E-state index contributed by atoms with van der Waals surface area (Å²) in [6, 6.07) is 14.2. The molecule has 6 heteroatoms. The highest BCUT2D eigenvalue weighted by molar-refractivity contribution is 7.89. The molecule has 0 aliphatic rings. The van der Waals surface area contributed by atoms with Gasteiger partial charge < -0.3 is 5.73 Å². The Morgan fingerprint density at radius 1 is 1.09 bits per heavy atom. The maximum Gasteiger partial charge on any atom is 0.328 e. The number of carbonyl (C=O) groups is 1. The minimum Gasteiger partial charge on any atom is -0.351 e. The normalized spacial score (nSPS) is 12.6. The Balaban J connectivity index is 2.33. The zero-order chi connectivity index (χ0) is 17.0. The van der Waals surface area contributed by atoms with Crippen molar-refractivity contribution in [2.24, 2.45) is 5.73 Å². The van der Waals surface area contributed by atoms with Gasteiger partial charge >= 0.3 is 6.03 Å². The van der Waals surface area contributed by atoms with E-state index in [4.69, 9.17) is 5.73 Å². The molecule has 23 heavy (non-hydrogen) atoms. The molecule has 2 rings (SSSR count). The number of nitrogens with zero attached hydrogens (tertiary/aromatic N) is 1. The van der Waals surface area contributed by atoms with E-state index in [2.05, 4.69) is 0 Å². The Hall–Kier alpha value is -2.34. The number of hydrogen-bond donors (Lipinski definition) is 1. The molecular weight excluding hydrogens is 312 g/mol. The summed E-state index contributed by atoms with van der Waals surface area (Å²) in [6.45, 7) is 3.53. The maximum absolute atomic E-state index is 12.7. The van der Waals surface area contributed by atoms with Gasteiger partial charge in [0.25, 0.3) is 10.0 Å². The molecular formula is C17H20N2O3S. The lowest BCUT2D eigenvalue weighted by Crippen LogP contribution is -2.47. The highest BCUT2D eigenvalue weighted by atomic mass is 32.2. The van der Waals surface area contributed by atoms with E-state index in [-0.39, 0.29) is 4.90 Å². The lowest BCUT2D eigenvalue weighted by molar-refractivity contribution is 0.223. The second-order valence-corrected chi connectivity index (χ2v) is 7.31. The molecule has 0 fully saturated rings. The quantitative estimate of drug-likeness (QED) is 0.914. The van der Waals surface area contributed by atoms with Gasteiger partial charge in [-0.2, -0.15) is 0 Å². The third-order valence-electron chi connectivity index (χ3n) is 3.57. The number of urea groups is 1. The summed E-state index contributed by atoms with van der Waals surface area (Å²) < 4.78 is 26.2. The highest BCUT2D eigenvalue weighted by Crippen LogP contribution is 2.20. The van der Waals surface area contributed by atoms with Crippen molar-refractivity contribution in [1.29, 1.82) is 0 Å². The van der Waals surface area contributed by atoms with Gasteiger partial charge in [-0.3, -0.25) is 0 Å². The van der Waals surface area contributed by atoms with Crippen LogP contribution >= 0.6 is 0 Å². The van der Waals surface area contributed by atoms with Crippen LogP contribution in [0.5, 0.6) is 0 Å². The number of nitrogens with two attached hydrogens (primary N) is 1. The third-order valence-corrected chi connectivity index (χ3v) is 5.49. The molecule has 0 bridgehead atoms. The largest absolute Gasteiger partial charge is 0.351 e. The van der Waals surface area contributed by atoms with Gasteiger partial charge in [0, 0.05) is 0 Å². The number of rotatable bonds is 5. The minimum atomic E-state index is -3.98. The number of amides is 2. The van der Waals surface area contributed by atoms with Crippen LogP contribution in [0.4, 0.5) is 4.79 Å². The average molecular weight is 332 g/mol. The summed E-state index contributed by atoms with van der Waals surface area (Å²) >= 11 is 0. The highest BCUT2D eigenvalue weighted by Gasteiger charge is 2.32. The Morgan fingerprint density at radius 2 is 1.65 bits per heavy atom. The van der Waals surface area contributed by atoms with E-state index >= 15 is 0 Å². The molecule has 0 aromatic heterocycles. The van der Waals surface area contributed by atoms with Gasteiger partial charge in [-0.25, -0.2) is 17.5 Å². The lowest BCUT2D eigenvalue weighted by Gasteiger charge is -2.27. The Kier molecular flexibility index (Phi) is 5.05. The molecule has 1 unspecified atom stereocenters. The SMILES string of the molecule is Cc1ccc(S(=O)(=O)N(C(N)=O)C(C)Cc2ccccc2)cc1. The Morgan fingerprint density at radius 3 is 2.17 bits per heavy atom. The van der Waals surface area contributed by atoms with Crippen LogP contribution in [0.25, 0.3) is 0 Å². The van der Waals surface area contributed by atoms with Crippen molar-refractivity contribution in [2.45, 2.75) is 31.2 Å². The number of primary amides is 1. The minimum absolute atomic E-state index is 0.0572. The predicted octanol–water partition coefficient (Wildman–Crippen LogP) is 2.70. The number of benzene rings is 2. The summed E-state index contributed by atoms with van der Waals surface area (Å²) in [5.41, 5.74) is 7.22. The number of carbonyl (C=O) groups excluding carboxylic acids is 1. The van der Waals surface area contributed by atoms with Crippen LogP contribution in [-0.4, -0.2) is 24.8 Å². The summed E-state index contributed by atoms with van der Waals surface area (Å²) in [7, 11) is -3.98. The van der Waals surface area contributed by atoms with E-state index in [1.807, 2.05) is 37.3 Å². The summed E-state index contributed by atoms with van der Waals surface area (Å²) in [6.07, 6.45) is 0.398. The number of sulfonamides is 1. The molecule has 2 aromatic rings. The first-order valence-electron chi connectivity index (χ1n) is 7.27. The molecule has 0 saturated carbocycles. The van der Waals surface area contributed by atoms with E-state index in [9.17, 15) is 13.2 Å². The molecule has 0 saturated heterocycles. The van der Waals surface area contributed by atoms with E-state index in [0.29, 0.717) is 6.42 Å². The van der Waals surface area contributed by atoms with Gasteiger partial charge in [0.1, 0.15) is 0 Å². The van der Waals surface area contributed by atoms with Crippen LogP contribution in [-0.2, 0) is 16.4 Å². The van der Waals surface area contributed by atoms with Gasteiger partial charge in [-0.1, -0.05) is 48.0 Å². The van der Waals surface area contributed by atoms with Crippen LogP contribution in [0.2, 0.25) is 0 Å². The predicted molar refractivity (Wildman–Crippen MR) is 89.4 cm³/mol. The molecule has 122 valence electrons. The van der Waals surface area contributed by atoms with Crippen molar-refractivity contribution in [3.8, 4) is 0 Å². The van der Waals surface area contributed by atoms with Crippen molar-refractivity contribution < 1.29 is 13.2 Å². The van der Waals surface area contributed by atoms with Gasteiger partial charge in [-0.15, -0.1) is 0 Å². The van der Waals surface area contributed by atoms with Crippen LogP contribution < -0.4 is 5.73 Å². The molecule has 2 amide bonds. The zero-order valence-corrected chi connectivity index (χ0v) is 14.0. The third kappa shape index (κ3) is 3.90. The van der Waals surface area contributed by atoms with E-state index in [0.717, 1.165) is 15.4 Å². The maximum atomic E-state index is 12.7. The second-order valence-electron chi connectivity index (χ2n) is 5.49. The first kappa shape index (κ1) is 17.0. The summed E-state index contributed by atoms with van der Waals surface area (Å²) in [5, 5.41) is 0. The van der Waals surface area contributed by atoms with Crippen LogP contribution in [0.1, 0.15) is 18.1 Å². The summed E-state index contributed by atoms with van der Waals surface area (Å²) in [5.74, 6) is 0. The van der Waals surface area contributed by atoms with Crippen LogP contribution in [0.15, 0.2) is 59.5 Å². The van der Waals surface area contributed by atoms with E-state index in [1.165, 1.54) is 12.1 Å². The fourth-order valence-corrected chi connectivity index (χ4v) is 3.93. The van der Waals surface area contributed by atoms with Crippen molar-refractivity contribution in [3.63, 3.8) is 0 Å². The fourth-order valence-electron chi connectivity index (χ4n) is 2.43. The van der Waals surface area contributed by atoms with Gasteiger partial charge in [0.2, 0.25) is 0 Å². The molecule has 1 atom stereocenters. The van der Waals surface area contributed by atoms with E-state index < -0.39 is 22.1 Å². The standard InChI is InChI=1S/C17H20N2O3S/c1-13-8-10-16(11-9-13)23(21,22)19(17(18)20)14(2)12-15-6-4-3-5-7-15/h3-11,14H,12H2,1-2H3,(H2,18,20). The van der Waals surface area contributed by atoms with Gasteiger partial charge in [-0.05, 0) is 38.0 Å². The first-order chi connectivity index (χ1) is 10.8. The second kappa shape index (κ2) is 6.83. The monoisotopic (exact) mass is 332 g/mol. The van der Waals surface area contributed by atoms with Gasteiger partial charge in [0.15, 0.2) is 0 Å². The molecule has 5 nitrogen and oxygen atoms in total. The number of aryl methyl sites for hydroxylation is 1. The van der Waals surface area contributed by atoms with Gasteiger partial charge in [0.05, 0.1) is 10.9 Å². The Labute approximate surface area is 136 Å². The Bertz CT molecular complexity index is 771. The fraction of sp³-hybridized carbons (Fsp3) is 0.235. The molecule has 2 aromatic carbocycles. The topological polar surface area (TPSA) is 80.5 Å². The summed E-state index contributed by atoms with van der Waals surface area (Å²) in [4.78, 5) is 11.8. The average Bonchev–Trinajstić information content (AvgIpc) is 2.48. The molecule has 0 spiro atoms. The smallest absolute Gasteiger partial charge is 0.328 e. The first-order valence-corrected chi connectivity index (χ1v) is 8.71. The molecule has 0 radical (unpaired) electrons.